The van der Waals surface area contributed by atoms with Crippen LogP contribution in [0.4, 0.5) is 0 Å². The molecule has 5 nitrogen and oxygen atoms in total. The van der Waals surface area contributed by atoms with Gasteiger partial charge in [0.15, 0.2) is 0 Å². The van der Waals surface area contributed by atoms with Crippen molar-refractivity contribution >= 4 is 11.8 Å². The standard InChI is InChI=1S/C19H26N2O3/c1-14(15-7-3-2-4-8-15)21-12-16(11-17(21)22)18(23)20-13-19(24)9-5-6-10-19/h2-4,7-8,14,16,24H,5-6,9-13H2,1H3,(H,20,23). The molecule has 3 rings (SSSR count). The van der Waals surface area contributed by atoms with Crippen LogP contribution in [0.3, 0.4) is 0 Å². The average Bonchev–Trinajstić information content (AvgIpc) is 3.19. The summed E-state index contributed by atoms with van der Waals surface area (Å²) in [7, 11) is 0. The van der Waals surface area contributed by atoms with Crippen LogP contribution in [0.2, 0.25) is 0 Å². The number of carbonyl (C=O) groups is 2. The Kier molecular flexibility index (Phi) is 4.90. The van der Waals surface area contributed by atoms with E-state index in [1.54, 1.807) is 4.90 Å². The first kappa shape index (κ1) is 17.0. The number of carbonyl (C=O) groups excluding carboxylic acids is 2. The Morgan fingerprint density at radius 2 is 2.00 bits per heavy atom. The SMILES string of the molecule is CC(c1ccccc1)N1CC(C(=O)NCC2(O)CCCC2)CC1=O. The van der Waals surface area contributed by atoms with Crippen molar-refractivity contribution in [2.75, 3.05) is 13.1 Å². The molecule has 130 valence electrons. The van der Waals surface area contributed by atoms with Gasteiger partial charge in [0.1, 0.15) is 0 Å². The molecule has 1 heterocycles. The predicted octanol–water partition coefficient (Wildman–Crippen LogP) is 2.02. The molecule has 1 saturated carbocycles. The Balaban J connectivity index is 1.57. The van der Waals surface area contributed by atoms with E-state index in [1.165, 1.54) is 0 Å². The lowest BCUT2D eigenvalue weighted by molar-refractivity contribution is -0.130. The van der Waals surface area contributed by atoms with Crippen LogP contribution in [0.15, 0.2) is 30.3 Å². The van der Waals surface area contributed by atoms with Crippen molar-refractivity contribution in [2.24, 2.45) is 5.92 Å². The van der Waals surface area contributed by atoms with Crippen LogP contribution in [-0.2, 0) is 9.59 Å². The van der Waals surface area contributed by atoms with E-state index in [2.05, 4.69) is 5.32 Å². The van der Waals surface area contributed by atoms with Crippen LogP contribution in [0.25, 0.3) is 0 Å². The molecule has 1 aromatic rings. The van der Waals surface area contributed by atoms with E-state index in [0.717, 1.165) is 31.2 Å². The third-order valence-electron chi connectivity index (χ3n) is 5.40. The van der Waals surface area contributed by atoms with Crippen LogP contribution in [0.5, 0.6) is 0 Å². The molecule has 2 amide bonds. The number of nitrogens with one attached hydrogen (secondary N) is 1. The molecular formula is C19H26N2O3. The van der Waals surface area contributed by atoms with Gasteiger partial charge < -0.3 is 15.3 Å². The number of hydrogen-bond acceptors (Lipinski definition) is 3. The third-order valence-corrected chi connectivity index (χ3v) is 5.40. The van der Waals surface area contributed by atoms with Crippen LogP contribution < -0.4 is 5.32 Å². The zero-order chi connectivity index (χ0) is 17.2. The van der Waals surface area contributed by atoms with Gasteiger partial charge in [0.25, 0.3) is 0 Å². The Bertz CT molecular complexity index is 596. The topological polar surface area (TPSA) is 69.6 Å². The fourth-order valence-corrected chi connectivity index (χ4v) is 3.80. The van der Waals surface area contributed by atoms with Gasteiger partial charge in [-0.05, 0) is 25.3 Å². The smallest absolute Gasteiger partial charge is 0.225 e. The summed E-state index contributed by atoms with van der Waals surface area (Å²) in [6, 6.07) is 9.83. The summed E-state index contributed by atoms with van der Waals surface area (Å²) in [4.78, 5) is 26.5. The van der Waals surface area contributed by atoms with Gasteiger partial charge in [-0.3, -0.25) is 9.59 Å². The highest BCUT2D eigenvalue weighted by Crippen LogP contribution is 2.30. The lowest BCUT2D eigenvalue weighted by atomic mass is 10.0. The summed E-state index contributed by atoms with van der Waals surface area (Å²) >= 11 is 0. The number of likely N-dealkylation sites (tertiary alicyclic amines) is 1. The highest BCUT2D eigenvalue weighted by Gasteiger charge is 2.38. The molecule has 2 N–H and O–H groups in total. The van der Waals surface area contributed by atoms with Gasteiger partial charge in [0, 0.05) is 19.5 Å². The molecule has 2 aliphatic rings. The Hall–Kier alpha value is -1.88. The molecule has 2 unspecified atom stereocenters. The van der Waals surface area contributed by atoms with Crippen LogP contribution >= 0.6 is 0 Å². The second-order valence-corrected chi connectivity index (χ2v) is 7.18. The van der Waals surface area contributed by atoms with Crippen molar-refractivity contribution in [3.8, 4) is 0 Å². The van der Waals surface area contributed by atoms with E-state index < -0.39 is 5.60 Å². The highest BCUT2D eigenvalue weighted by atomic mass is 16.3. The molecule has 2 atom stereocenters. The minimum atomic E-state index is -0.755. The van der Waals surface area contributed by atoms with E-state index in [9.17, 15) is 14.7 Å². The van der Waals surface area contributed by atoms with Crippen LogP contribution in [0, 0.1) is 5.92 Å². The number of hydrogen-bond donors (Lipinski definition) is 2. The zero-order valence-electron chi connectivity index (χ0n) is 14.2. The Morgan fingerprint density at radius 1 is 1.33 bits per heavy atom. The molecule has 1 saturated heterocycles. The van der Waals surface area contributed by atoms with Crippen LogP contribution in [0.1, 0.15) is 50.6 Å². The zero-order valence-corrected chi connectivity index (χ0v) is 14.2. The number of amides is 2. The summed E-state index contributed by atoms with van der Waals surface area (Å²) < 4.78 is 0. The third kappa shape index (κ3) is 3.61. The Morgan fingerprint density at radius 3 is 2.67 bits per heavy atom. The van der Waals surface area contributed by atoms with Gasteiger partial charge >= 0.3 is 0 Å². The van der Waals surface area contributed by atoms with Gasteiger partial charge in [-0.2, -0.15) is 0 Å². The van der Waals surface area contributed by atoms with E-state index in [0.29, 0.717) is 13.1 Å². The molecule has 1 aliphatic heterocycles. The second kappa shape index (κ2) is 6.93. The van der Waals surface area contributed by atoms with Crippen molar-refractivity contribution in [3.05, 3.63) is 35.9 Å². The molecule has 0 bridgehead atoms. The molecular weight excluding hydrogens is 304 g/mol. The maximum atomic E-state index is 12.4. The fourth-order valence-electron chi connectivity index (χ4n) is 3.80. The summed E-state index contributed by atoms with van der Waals surface area (Å²) in [5.41, 5.74) is 0.321. The largest absolute Gasteiger partial charge is 0.388 e. The molecule has 1 aliphatic carbocycles. The maximum Gasteiger partial charge on any atom is 0.225 e. The van der Waals surface area contributed by atoms with Gasteiger partial charge in [-0.15, -0.1) is 0 Å². The highest BCUT2D eigenvalue weighted by molar-refractivity contribution is 5.89. The fraction of sp³-hybridized carbons (Fsp3) is 0.579. The number of nitrogens with zero attached hydrogens (tertiary/aromatic N) is 1. The molecule has 2 fully saturated rings. The predicted molar refractivity (Wildman–Crippen MR) is 91.1 cm³/mol. The number of rotatable bonds is 5. The van der Waals surface area contributed by atoms with Crippen LogP contribution in [-0.4, -0.2) is 40.5 Å². The molecule has 0 spiro atoms. The minimum Gasteiger partial charge on any atom is -0.388 e. The van der Waals surface area contributed by atoms with Crippen molar-refractivity contribution in [2.45, 2.75) is 50.7 Å². The first-order valence-corrected chi connectivity index (χ1v) is 8.83. The molecule has 5 heteroatoms. The van der Waals surface area contributed by atoms with E-state index >= 15 is 0 Å². The quantitative estimate of drug-likeness (QED) is 0.868. The van der Waals surface area contributed by atoms with Crippen molar-refractivity contribution in [1.29, 1.82) is 0 Å². The lowest BCUT2D eigenvalue weighted by Crippen LogP contribution is -2.43. The summed E-state index contributed by atoms with van der Waals surface area (Å²) in [5, 5.41) is 13.2. The molecule has 24 heavy (non-hydrogen) atoms. The van der Waals surface area contributed by atoms with Gasteiger partial charge in [-0.25, -0.2) is 0 Å². The van der Waals surface area contributed by atoms with E-state index in [4.69, 9.17) is 0 Å². The summed E-state index contributed by atoms with van der Waals surface area (Å²) in [5.74, 6) is -0.425. The van der Waals surface area contributed by atoms with Crippen molar-refractivity contribution < 1.29 is 14.7 Å². The number of aliphatic hydroxyl groups is 1. The molecule has 0 aromatic heterocycles. The monoisotopic (exact) mass is 330 g/mol. The normalized spacial score (nSPS) is 24.2. The average molecular weight is 330 g/mol. The second-order valence-electron chi connectivity index (χ2n) is 7.18. The van der Waals surface area contributed by atoms with Gasteiger partial charge in [0.2, 0.25) is 11.8 Å². The first-order valence-electron chi connectivity index (χ1n) is 8.83. The van der Waals surface area contributed by atoms with E-state index in [1.807, 2.05) is 37.3 Å². The van der Waals surface area contributed by atoms with Gasteiger partial charge in [-0.1, -0.05) is 43.2 Å². The van der Waals surface area contributed by atoms with Crippen molar-refractivity contribution in [3.63, 3.8) is 0 Å². The number of benzene rings is 1. The first-order chi connectivity index (χ1) is 11.5. The van der Waals surface area contributed by atoms with Gasteiger partial charge in [0.05, 0.1) is 17.6 Å². The summed E-state index contributed by atoms with van der Waals surface area (Å²) in [6.07, 6.45) is 3.76. The lowest BCUT2D eigenvalue weighted by Gasteiger charge is -2.26. The van der Waals surface area contributed by atoms with Crippen molar-refractivity contribution in [1.82, 2.24) is 10.2 Å². The Labute approximate surface area is 143 Å². The molecule has 0 radical (unpaired) electrons. The minimum absolute atomic E-state index is 0.0195. The summed E-state index contributed by atoms with van der Waals surface area (Å²) in [6.45, 7) is 2.73. The maximum absolute atomic E-state index is 12.4. The molecule has 1 aromatic carbocycles. The van der Waals surface area contributed by atoms with E-state index in [-0.39, 0.29) is 30.2 Å².